The average Bonchev–Trinajstić information content (AvgIpc) is 3.71. The van der Waals surface area contributed by atoms with Crippen molar-refractivity contribution in [2.75, 3.05) is 56.4 Å². The number of nitrogens with one attached hydrogen (secondary N) is 2. The highest BCUT2D eigenvalue weighted by Gasteiger charge is 2.42. The fourth-order valence-electron chi connectivity index (χ4n) is 6.41. The van der Waals surface area contributed by atoms with Gasteiger partial charge in [0.05, 0.1) is 23.5 Å². The number of carbonyl (C=O) groups is 4. The molecular formula is C32H31N11O5. The van der Waals surface area contributed by atoms with Crippen molar-refractivity contribution >= 4 is 58.6 Å². The predicted octanol–water partition coefficient (Wildman–Crippen LogP) is 3.01. The number of urea groups is 2. The van der Waals surface area contributed by atoms with Crippen LogP contribution in [0.2, 0.25) is 0 Å². The first-order valence-electron chi connectivity index (χ1n) is 15.3. The van der Waals surface area contributed by atoms with Gasteiger partial charge in [-0.25, -0.2) is 34.3 Å². The number of carboxylic acids is 1. The monoisotopic (exact) mass is 649 g/mol. The van der Waals surface area contributed by atoms with Crippen molar-refractivity contribution in [1.29, 1.82) is 0 Å². The Hall–Kier alpha value is -6.32. The average molecular weight is 650 g/mol. The summed E-state index contributed by atoms with van der Waals surface area (Å²) in [6.45, 7) is 3.14. The van der Waals surface area contributed by atoms with Crippen LogP contribution >= 0.6 is 0 Å². The van der Waals surface area contributed by atoms with Crippen molar-refractivity contribution in [3.05, 3.63) is 84.4 Å². The van der Waals surface area contributed by atoms with Crippen LogP contribution < -0.4 is 36.0 Å². The Labute approximate surface area is 274 Å². The van der Waals surface area contributed by atoms with Crippen LogP contribution in [-0.4, -0.2) is 87.2 Å². The Bertz CT molecular complexity index is 1760. The van der Waals surface area contributed by atoms with E-state index in [1.54, 1.807) is 76.8 Å². The van der Waals surface area contributed by atoms with Crippen LogP contribution in [0.1, 0.15) is 33.8 Å². The van der Waals surface area contributed by atoms with Gasteiger partial charge in [-0.15, -0.1) is 0 Å². The number of fused-ring (bicyclic) bond motifs is 8. The number of pyridine rings is 4. The van der Waals surface area contributed by atoms with Crippen molar-refractivity contribution in [3.63, 3.8) is 0 Å². The van der Waals surface area contributed by atoms with Gasteiger partial charge in [-0.05, 0) is 61.4 Å². The third-order valence-corrected chi connectivity index (χ3v) is 8.61. The van der Waals surface area contributed by atoms with Crippen LogP contribution in [0.4, 0.5) is 44.2 Å². The largest absolute Gasteiger partial charge is 0.477 e. The number of nitrogens with two attached hydrogens (primary N) is 1. The molecule has 0 aromatic carbocycles. The number of nitrogens with zero attached hydrogens (tertiary/aromatic N) is 8. The van der Waals surface area contributed by atoms with Gasteiger partial charge in [-0.2, -0.15) is 0 Å². The molecule has 4 aliphatic rings. The van der Waals surface area contributed by atoms with E-state index in [1.807, 2.05) is 0 Å². The molecule has 4 aliphatic heterocycles. The zero-order valence-corrected chi connectivity index (χ0v) is 25.6. The highest BCUT2D eigenvalue weighted by Crippen LogP contribution is 2.40. The summed E-state index contributed by atoms with van der Waals surface area (Å²) in [4.78, 5) is 72.4. The first kappa shape index (κ1) is 30.3. The fraction of sp³-hybridized carbons (Fsp3) is 0.250. The van der Waals surface area contributed by atoms with Crippen LogP contribution in [0, 0.1) is 0 Å². The van der Waals surface area contributed by atoms with E-state index < -0.39 is 11.9 Å². The molecule has 2 fully saturated rings. The molecule has 0 aliphatic carbocycles. The Balaban J connectivity index is 0.000000152. The number of carboxylic acid groups (broad SMARTS) is 1. The molecule has 4 bridgehead atoms. The Morgan fingerprint density at radius 2 is 1.17 bits per heavy atom. The lowest BCUT2D eigenvalue weighted by molar-refractivity contribution is 0.0690. The van der Waals surface area contributed by atoms with E-state index in [9.17, 15) is 24.3 Å². The van der Waals surface area contributed by atoms with Gasteiger partial charge in [-0.3, -0.25) is 25.2 Å². The van der Waals surface area contributed by atoms with Crippen LogP contribution in [-0.2, 0) is 0 Å². The second kappa shape index (κ2) is 12.5. The number of primary amides is 1. The van der Waals surface area contributed by atoms with E-state index in [4.69, 9.17) is 5.73 Å². The molecular weight excluding hydrogens is 618 g/mol. The zero-order valence-electron chi connectivity index (χ0n) is 25.6. The standard InChI is InChI=1S/C16H16N6O2.C16H15N5O3/c17-14(23)11-4-5-12-15(19-11)22(10-6-8-21(12)9-10)16(24)20-13-3-1-2-7-18-13;22-15(23)11-4-5-12-14(18-11)21(10-6-8-20(12)9-10)16(24)19-13-3-1-2-7-17-13/h1-5,7,10H,6,8-9H2,(H2,17,23)(H,18,20,24);1-5,7,10H,6,8-9H2,(H,22,23)(H,17,19,24)/t2*10-/m00/s1. The van der Waals surface area contributed by atoms with Gasteiger partial charge in [0.1, 0.15) is 17.3 Å². The normalized spacial score (nSPS) is 18.2. The van der Waals surface area contributed by atoms with Crippen molar-refractivity contribution in [2.45, 2.75) is 24.9 Å². The van der Waals surface area contributed by atoms with E-state index in [0.29, 0.717) is 23.3 Å². The lowest BCUT2D eigenvalue weighted by atomic mass is 10.1. The van der Waals surface area contributed by atoms with Gasteiger partial charge >= 0.3 is 18.0 Å². The van der Waals surface area contributed by atoms with E-state index in [0.717, 1.165) is 50.4 Å². The van der Waals surface area contributed by atoms with E-state index in [-0.39, 0.29) is 35.5 Å². The Morgan fingerprint density at radius 1 is 0.688 bits per heavy atom. The third kappa shape index (κ3) is 5.74. The minimum atomic E-state index is -1.11. The van der Waals surface area contributed by atoms with Gasteiger partial charge in [-0.1, -0.05) is 12.1 Å². The highest BCUT2D eigenvalue weighted by atomic mass is 16.4. The number of hydrogen-bond acceptors (Lipinski definition) is 10. The van der Waals surface area contributed by atoms with Gasteiger partial charge < -0.3 is 20.6 Å². The first-order valence-corrected chi connectivity index (χ1v) is 15.3. The minimum Gasteiger partial charge on any atom is -0.477 e. The molecule has 5 amide bonds. The maximum absolute atomic E-state index is 12.8. The Morgan fingerprint density at radius 3 is 1.60 bits per heavy atom. The van der Waals surface area contributed by atoms with Crippen molar-refractivity contribution in [2.24, 2.45) is 5.73 Å². The molecule has 2 saturated heterocycles. The molecule has 8 rings (SSSR count). The molecule has 0 unspecified atom stereocenters. The SMILES string of the molecule is NC(=O)c1ccc2c(n1)N(C(=O)Nc1ccccn1)[C@H]1CCN2C1.O=C(O)c1ccc2c(n1)N(C(=O)Nc1ccccn1)[C@H]1CCN2C1. The second-order valence-electron chi connectivity index (χ2n) is 11.6. The van der Waals surface area contributed by atoms with E-state index in [1.165, 1.54) is 6.07 Å². The molecule has 0 radical (unpaired) electrons. The summed E-state index contributed by atoms with van der Waals surface area (Å²) in [5.74, 6) is 0.0339. The number of amides is 5. The molecule has 2 atom stereocenters. The first-order chi connectivity index (χ1) is 23.3. The molecule has 0 spiro atoms. The second-order valence-corrected chi connectivity index (χ2v) is 11.6. The van der Waals surface area contributed by atoms with E-state index in [2.05, 4.69) is 40.4 Å². The minimum absolute atomic E-state index is 0.0110. The summed E-state index contributed by atoms with van der Waals surface area (Å²) >= 11 is 0. The Kier molecular flexibility index (Phi) is 7.88. The third-order valence-electron chi connectivity index (χ3n) is 8.61. The summed E-state index contributed by atoms with van der Waals surface area (Å²) in [6.07, 6.45) is 4.87. The number of aromatic nitrogens is 4. The van der Waals surface area contributed by atoms with Crippen LogP contribution in [0.25, 0.3) is 0 Å². The summed E-state index contributed by atoms with van der Waals surface area (Å²) in [6, 6.07) is 16.4. The van der Waals surface area contributed by atoms with Gasteiger partial charge in [0.25, 0.3) is 5.91 Å². The van der Waals surface area contributed by atoms with Crippen molar-refractivity contribution < 1.29 is 24.3 Å². The van der Waals surface area contributed by atoms with Gasteiger partial charge in [0, 0.05) is 38.6 Å². The summed E-state index contributed by atoms with van der Waals surface area (Å²) in [7, 11) is 0. The quantitative estimate of drug-likeness (QED) is 0.253. The van der Waals surface area contributed by atoms with Crippen molar-refractivity contribution in [3.8, 4) is 0 Å². The van der Waals surface area contributed by atoms with Crippen LogP contribution in [0.15, 0.2) is 73.1 Å². The fourth-order valence-corrected chi connectivity index (χ4v) is 6.41. The molecule has 16 nitrogen and oxygen atoms in total. The number of rotatable bonds is 4. The zero-order chi connectivity index (χ0) is 33.4. The number of anilines is 6. The van der Waals surface area contributed by atoms with Gasteiger partial charge in [0.2, 0.25) is 0 Å². The summed E-state index contributed by atoms with van der Waals surface area (Å²) in [5.41, 5.74) is 7.02. The van der Waals surface area contributed by atoms with Gasteiger partial charge in [0.15, 0.2) is 17.3 Å². The summed E-state index contributed by atoms with van der Waals surface area (Å²) < 4.78 is 0. The molecule has 4 aromatic rings. The predicted molar refractivity (Wildman–Crippen MR) is 177 cm³/mol. The summed E-state index contributed by atoms with van der Waals surface area (Å²) in [5, 5.41) is 14.7. The molecule has 16 heteroatoms. The molecule has 48 heavy (non-hydrogen) atoms. The maximum atomic E-state index is 12.8. The number of hydrogen-bond donors (Lipinski definition) is 4. The number of aromatic carboxylic acids is 1. The molecule has 244 valence electrons. The van der Waals surface area contributed by atoms with Crippen LogP contribution in [0.3, 0.4) is 0 Å². The van der Waals surface area contributed by atoms with Crippen molar-refractivity contribution in [1.82, 2.24) is 19.9 Å². The van der Waals surface area contributed by atoms with E-state index >= 15 is 0 Å². The maximum Gasteiger partial charge on any atom is 0.354 e. The lowest BCUT2D eigenvalue weighted by Crippen LogP contribution is -2.48. The molecule has 4 aromatic heterocycles. The highest BCUT2D eigenvalue weighted by molar-refractivity contribution is 6.05. The number of carbonyl (C=O) groups excluding carboxylic acids is 3. The smallest absolute Gasteiger partial charge is 0.354 e. The molecule has 5 N–H and O–H groups in total. The molecule has 8 heterocycles. The molecule has 0 saturated carbocycles. The topological polar surface area (TPSA) is 203 Å². The lowest BCUT2D eigenvalue weighted by Gasteiger charge is -2.35. The van der Waals surface area contributed by atoms with Crippen LogP contribution in [0.5, 0.6) is 0 Å².